The van der Waals surface area contributed by atoms with Crippen LogP contribution < -0.4 is 9.47 Å². The SMILES string of the molecule is O=C(C1COc2ccccc2O1)N1CCN(Cc2nnsc2Cl)CC1. The van der Waals surface area contributed by atoms with Gasteiger partial charge in [0.25, 0.3) is 5.91 Å². The van der Waals surface area contributed by atoms with Crippen LogP contribution in [-0.4, -0.2) is 64.2 Å². The van der Waals surface area contributed by atoms with Crippen molar-refractivity contribution < 1.29 is 14.3 Å². The number of nitrogens with zero attached hydrogens (tertiary/aromatic N) is 4. The summed E-state index contributed by atoms with van der Waals surface area (Å²) in [4.78, 5) is 16.8. The van der Waals surface area contributed by atoms with Crippen LogP contribution in [0.4, 0.5) is 0 Å². The fourth-order valence-corrected chi connectivity index (χ4v) is 3.59. The number of halogens is 1. The summed E-state index contributed by atoms with van der Waals surface area (Å²) in [6.07, 6.45) is -0.585. The Labute approximate surface area is 154 Å². The maximum Gasteiger partial charge on any atom is 0.267 e. The molecule has 1 unspecified atom stereocenters. The van der Waals surface area contributed by atoms with Crippen LogP contribution in [0.2, 0.25) is 4.34 Å². The number of carbonyl (C=O) groups is 1. The summed E-state index contributed by atoms with van der Waals surface area (Å²) < 4.78 is 15.9. The van der Waals surface area contributed by atoms with E-state index in [-0.39, 0.29) is 12.5 Å². The molecule has 25 heavy (non-hydrogen) atoms. The van der Waals surface area contributed by atoms with Gasteiger partial charge in [-0.2, -0.15) is 0 Å². The zero-order valence-corrected chi connectivity index (χ0v) is 15.0. The molecule has 1 fully saturated rings. The summed E-state index contributed by atoms with van der Waals surface area (Å²) >= 11 is 7.25. The van der Waals surface area contributed by atoms with E-state index in [0.717, 1.165) is 18.8 Å². The molecule has 1 atom stereocenters. The molecule has 2 aliphatic rings. The Morgan fingerprint density at radius 3 is 2.72 bits per heavy atom. The average molecular weight is 381 g/mol. The molecule has 132 valence electrons. The zero-order valence-electron chi connectivity index (χ0n) is 13.4. The van der Waals surface area contributed by atoms with E-state index in [2.05, 4.69) is 14.5 Å². The third kappa shape index (κ3) is 3.56. The number of hydrogen-bond acceptors (Lipinski definition) is 7. The first-order valence-electron chi connectivity index (χ1n) is 8.07. The van der Waals surface area contributed by atoms with Gasteiger partial charge in [-0.3, -0.25) is 9.69 Å². The number of ether oxygens (including phenoxy) is 2. The second kappa shape index (κ2) is 7.15. The second-order valence-electron chi connectivity index (χ2n) is 5.96. The molecule has 0 aliphatic carbocycles. The van der Waals surface area contributed by atoms with E-state index in [0.29, 0.717) is 35.5 Å². The van der Waals surface area contributed by atoms with Crippen molar-refractivity contribution in [2.45, 2.75) is 12.6 Å². The fraction of sp³-hybridized carbons (Fsp3) is 0.438. The van der Waals surface area contributed by atoms with E-state index in [1.54, 1.807) is 0 Å². The van der Waals surface area contributed by atoms with Crippen molar-refractivity contribution in [3.05, 3.63) is 34.3 Å². The molecule has 0 radical (unpaired) electrons. The molecule has 4 rings (SSSR count). The van der Waals surface area contributed by atoms with E-state index in [1.807, 2.05) is 29.2 Å². The van der Waals surface area contributed by atoms with Crippen molar-refractivity contribution in [2.24, 2.45) is 0 Å². The summed E-state index contributed by atoms with van der Waals surface area (Å²) in [7, 11) is 0. The molecule has 2 aromatic rings. The smallest absolute Gasteiger partial charge is 0.267 e. The normalized spacial score (nSPS) is 20.5. The second-order valence-corrected chi connectivity index (χ2v) is 7.32. The maximum absolute atomic E-state index is 12.7. The average Bonchev–Trinajstić information content (AvgIpc) is 3.06. The first-order chi connectivity index (χ1) is 12.2. The Morgan fingerprint density at radius 2 is 2.00 bits per heavy atom. The summed E-state index contributed by atoms with van der Waals surface area (Å²) in [6, 6.07) is 7.41. The fourth-order valence-electron chi connectivity index (χ4n) is 2.97. The lowest BCUT2D eigenvalue weighted by Crippen LogP contribution is -2.53. The Morgan fingerprint density at radius 1 is 1.24 bits per heavy atom. The van der Waals surface area contributed by atoms with Crippen molar-refractivity contribution in [1.29, 1.82) is 0 Å². The number of fused-ring (bicyclic) bond motifs is 1. The molecule has 0 N–H and O–H groups in total. The molecule has 0 spiro atoms. The summed E-state index contributed by atoms with van der Waals surface area (Å²) in [6.45, 7) is 3.74. The third-order valence-corrected chi connectivity index (χ3v) is 5.34. The third-order valence-electron chi connectivity index (χ3n) is 4.35. The number of amides is 1. The quantitative estimate of drug-likeness (QED) is 0.807. The minimum Gasteiger partial charge on any atom is -0.485 e. The maximum atomic E-state index is 12.7. The van der Waals surface area contributed by atoms with Crippen LogP contribution in [0.5, 0.6) is 11.5 Å². The molecule has 1 saturated heterocycles. The standard InChI is InChI=1S/C16H17ClN4O3S/c17-15-11(18-19-25-15)9-20-5-7-21(8-6-20)16(22)14-10-23-12-3-1-2-4-13(12)24-14/h1-4,14H,5-10H2. The van der Waals surface area contributed by atoms with Gasteiger partial charge in [-0.05, 0) is 12.1 Å². The van der Waals surface area contributed by atoms with E-state index in [1.165, 1.54) is 11.5 Å². The summed E-state index contributed by atoms with van der Waals surface area (Å²) in [5.41, 5.74) is 0.798. The van der Waals surface area contributed by atoms with Gasteiger partial charge in [0.1, 0.15) is 16.6 Å². The van der Waals surface area contributed by atoms with Crippen LogP contribution in [0.3, 0.4) is 0 Å². The molecule has 9 heteroatoms. The minimum absolute atomic E-state index is 0.0255. The van der Waals surface area contributed by atoms with Crippen LogP contribution in [0.25, 0.3) is 0 Å². The molecule has 2 aliphatic heterocycles. The summed E-state index contributed by atoms with van der Waals surface area (Å²) in [5.74, 6) is 1.28. The molecule has 0 saturated carbocycles. The van der Waals surface area contributed by atoms with Crippen molar-refractivity contribution in [3.8, 4) is 11.5 Å². The number of rotatable bonds is 3. The highest BCUT2D eigenvalue weighted by Gasteiger charge is 2.32. The number of aromatic nitrogens is 2. The number of piperazine rings is 1. The Bertz CT molecular complexity index is 763. The van der Waals surface area contributed by atoms with Gasteiger partial charge in [0.15, 0.2) is 11.5 Å². The lowest BCUT2D eigenvalue weighted by Gasteiger charge is -2.36. The van der Waals surface area contributed by atoms with Gasteiger partial charge in [0.05, 0.1) is 0 Å². The minimum atomic E-state index is -0.585. The largest absolute Gasteiger partial charge is 0.485 e. The van der Waals surface area contributed by atoms with Crippen molar-refractivity contribution in [2.75, 3.05) is 32.8 Å². The van der Waals surface area contributed by atoms with Crippen LogP contribution in [0.15, 0.2) is 24.3 Å². The van der Waals surface area contributed by atoms with E-state index in [4.69, 9.17) is 21.1 Å². The van der Waals surface area contributed by atoms with Crippen molar-refractivity contribution in [3.63, 3.8) is 0 Å². The van der Waals surface area contributed by atoms with Gasteiger partial charge in [-0.25, -0.2) is 0 Å². The van der Waals surface area contributed by atoms with E-state index < -0.39 is 6.10 Å². The number of para-hydroxylation sites is 2. The number of hydrogen-bond donors (Lipinski definition) is 0. The lowest BCUT2D eigenvalue weighted by molar-refractivity contribution is -0.143. The van der Waals surface area contributed by atoms with Crippen molar-refractivity contribution in [1.82, 2.24) is 19.4 Å². The van der Waals surface area contributed by atoms with Gasteiger partial charge >= 0.3 is 0 Å². The first kappa shape index (κ1) is 16.6. The van der Waals surface area contributed by atoms with Crippen LogP contribution in [0, 0.1) is 0 Å². The summed E-state index contributed by atoms with van der Waals surface area (Å²) in [5, 5.41) is 4.04. The van der Waals surface area contributed by atoms with E-state index in [9.17, 15) is 4.79 Å². The highest BCUT2D eigenvalue weighted by atomic mass is 35.5. The Hall–Kier alpha value is -1.90. The van der Waals surface area contributed by atoms with Gasteiger partial charge < -0.3 is 14.4 Å². The Kier molecular flexibility index (Phi) is 4.74. The molecular formula is C16H17ClN4O3S. The van der Waals surface area contributed by atoms with Crippen LogP contribution in [0.1, 0.15) is 5.69 Å². The molecule has 1 aromatic heterocycles. The van der Waals surface area contributed by atoms with Crippen LogP contribution >= 0.6 is 23.1 Å². The Balaban J connectivity index is 1.32. The van der Waals surface area contributed by atoms with E-state index >= 15 is 0 Å². The topological polar surface area (TPSA) is 67.8 Å². The van der Waals surface area contributed by atoms with Gasteiger partial charge in [0.2, 0.25) is 6.10 Å². The number of benzene rings is 1. The lowest BCUT2D eigenvalue weighted by atomic mass is 10.2. The predicted octanol–water partition coefficient (Wildman–Crippen LogP) is 1.68. The molecular weight excluding hydrogens is 364 g/mol. The molecule has 3 heterocycles. The van der Waals surface area contributed by atoms with Crippen molar-refractivity contribution >= 4 is 29.0 Å². The van der Waals surface area contributed by atoms with Gasteiger partial charge in [0, 0.05) is 44.3 Å². The van der Waals surface area contributed by atoms with Gasteiger partial charge in [-0.15, -0.1) is 5.10 Å². The molecule has 0 bridgehead atoms. The predicted molar refractivity (Wildman–Crippen MR) is 93.1 cm³/mol. The highest BCUT2D eigenvalue weighted by molar-refractivity contribution is 7.10. The zero-order chi connectivity index (χ0) is 17.2. The highest BCUT2D eigenvalue weighted by Crippen LogP contribution is 2.31. The molecule has 7 nitrogen and oxygen atoms in total. The first-order valence-corrected chi connectivity index (χ1v) is 9.22. The molecule has 1 amide bonds. The van der Waals surface area contributed by atoms with Crippen LogP contribution in [-0.2, 0) is 11.3 Å². The molecule has 1 aromatic carbocycles. The number of carbonyl (C=O) groups excluding carboxylic acids is 1. The monoisotopic (exact) mass is 380 g/mol. The van der Waals surface area contributed by atoms with Gasteiger partial charge in [-0.1, -0.05) is 28.2 Å².